The summed E-state index contributed by atoms with van der Waals surface area (Å²) in [6, 6.07) is 0. The number of hydrogen-bond acceptors (Lipinski definition) is 4. The van der Waals surface area contributed by atoms with Gasteiger partial charge in [-0.2, -0.15) is 0 Å². The molecule has 4 fully saturated rings. The lowest BCUT2D eigenvalue weighted by molar-refractivity contribution is -0.148. The fourth-order valence-electron chi connectivity index (χ4n) is 6.09. The van der Waals surface area contributed by atoms with Crippen molar-refractivity contribution in [1.82, 2.24) is 10.3 Å². The van der Waals surface area contributed by atoms with Crippen molar-refractivity contribution in [3.05, 3.63) is 10.6 Å². The minimum atomic E-state index is -0.335. The van der Waals surface area contributed by atoms with E-state index in [1.54, 1.807) is 18.3 Å². The second kappa shape index (κ2) is 5.79. The number of rotatable bonds is 4. The van der Waals surface area contributed by atoms with Crippen LogP contribution in [0.15, 0.2) is 0 Å². The fourth-order valence-corrected chi connectivity index (χ4v) is 6.98. The van der Waals surface area contributed by atoms with Crippen LogP contribution >= 0.6 is 11.3 Å². The molecule has 2 amide bonds. The van der Waals surface area contributed by atoms with Crippen molar-refractivity contribution in [3.63, 3.8) is 0 Å². The van der Waals surface area contributed by atoms with E-state index in [0.717, 1.165) is 49.4 Å². The molecule has 0 spiro atoms. The summed E-state index contributed by atoms with van der Waals surface area (Å²) in [6.07, 6.45) is 6.88. The van der Waals surface area contributed by atoms with Crippen LogP contribution in [0.1, 0.15) is 62.9 Å². The lowest BCUT2D eigenvalue weighted by atomic mass is 9.46. The van der Waals surface area contributed by atoms with Gasteiger partial charge in [0, 0.05) is 17.3 Å². The zero-order valence-electron chi connectivity index (χ0n) is 15.3. The second-order valence-electron chi connectivity index (χ2n) is 8.53. The van der Waals surface area contributed by atoms with Gasteiger partial charge in [0.2, 0.25) is 11.8 Å². The summed E-state index contributed by atoms with van der Waals surface area (Å²) in [4.78, 5) is 30.7. The van der Waals surface area contributed by atoms with E-state index in [1.165, 1.54) is 11.3 Å². The Balaban J connectivity index is 1.58. The van der Waals surface area contributed by atoms with Crippen LogP contribution in [0.5, 0.6) is 0 Å². The molecule has 25 heavy (non-hydrogen) atoms. The van der Waals surface area contributed by atoms with Crippen molar-refractivity contribution in [2.45, 2.75) is 71.3 Å². The van der Waals surface area contributed by atoms with Crippen LogP contribution in [0, 0.1) is 24.2 Å². The van der Waals surface area contributed by atoms with E-state index in [0.29, 0.717) is 11.8 Å². The van der Waals surface area contributed by atoms with Gasteiger partial charge < -0.3 is 10.6 Å². The molecule has 4 bridgehead atoms. The Morgan fingerprint density at radius 1 is 1.24 bits per heavy atom. The van der Waals surface area contributed by atoms with Gasteiger partial charge in [0.15, 0.2) is 5.13 Å². The highest BCUT2D eigenvalue weighted by Gasteiger charge is 2.60. The van der Waals surface area contributed by atoms with Crippen molar-refractivity contribution in [2.24, 2.45) is 17.3 Å². The maximum atomic E-state index is 13.2. The number of hydrogen-bond donors (Lipinski definition) is 2. The van der Waals surface area contributed by atoms with Crippen molar-refractivity contribution < 1.29 is 9.59 Å². The van der Waals surface area contributed by atoms with Gasteiger partial charge >= 0.3 is 0 Å². The first kappa shape index (κ1) is 17.0. The Morgan fingerprint density at radius 2 is 1.92 bits per heavy atom. The number of anilines is 1. The minimum Gasteiger partial charge on any atom is -0.351 e. The first-order chi connectivity index (χ1) is 11.8. The molecular weight excluding hydrogens is 334 g/mol. The average molecular weight is 362 g/mol. The molecule has 1 heterocycles. The fraction of sp³-hybridized carbons (Fsp3) is 0.737. The largest absolute Gasteiger partial charge is 0.351 e. The monoisotopic (exact) mass is 361 g/mol. The van der Waals surface area contributed by atoms with E-state index in [-0.39, 0.29) is 22.8 Å². The van der Waals surface area contributed by atoms with E-state index in [9.17, 15) is 9.59 Å². The standard InChI is InChI=1S/C19H27N3O2S/c1-4-15-11(2)25-17(20-15)21-16(24)18-6-13-5-14(7-18)9-19(8-13,10-18)22-12(3)23/h13-14H,4-10H2,1-3H3,(H,22,23)(H,20,21,24). The average Bonchev–Trinajstić information content (AvgIpc) is 2.84. The molecule has 1 aromatic heterocycles. The van der Waals surface area contributed by atoms with Crippen LogP contribution in [0.25, 0.3) is 0 Å². The van der Waals surface area contributed by atoms with Crippen LogP contribution in [0.4, 0.5) is 5.13 Å². The van der Waals surface area contributed by atoms with Crippen LogP contribution in [-0.4, -0.2) is 22.3 Å². The molecule has 136 valence electrons. The number of nitrogens with zero attached hydrogens (tertiary/aromatic N) is 1. The Bertz CT molecular complexity index is 712. The Kier molecular flexibility index (Phi) is 3.94. The van der Waals surface area contributed by atoms with E-state index in [4.69, 9.17) is 0 Å². The molecule has 2 N–H and O–H groups in total. The third kappa shape index (κ3) is 2.88. The van der Waals surface area contributed by atoms with Gasteiger partial charge in [-0.05, 0) is 63.7 Å². The number of thiazole rings is 1. The molecular formula is C19H27N3O2S. The van der Waals surface area contributed by atoms with Gasteiger partial charge in [0.05, 0.1) is 11.1 Å². The zero-order valence-corrected chi connectivity index (χ0v) is 16.1. The van der Waals surface area contributed by atoms with Gasteiger partial charge in [-0.1, -0.05) is 6.92 Å². The van der Waals surface area contributed by atoms with Crippen molar-refractivity contribution in [1.29, 1.82) is 0 Å². The molecule has 0 saturated heterocycles. The molecule has 5 rings (SSSR count). The molecule has 0 aromatic carbocycles. The number of carbonyl (C=O) groups is 2. The van der Waals surface area contributed by atoms with E-state index >= 15 is 0 Å². The van der Waals surface area contributed by atoms with Gasteiger partial charge in [-0.25, -0.2) is 4.98 Å². The quantitative estimate of drug-likeness (QED) is 0.863. The number of amides is 2. The first-order valence-electron chi connectivity index (χ1n) is 9.40. The predicted molar refractivity (Wildman–Crippen MR) is 98.5 cm³/mol. The molecule has 0 radical (unpaired) electrons. The normalized spacial score (nSPS) is 35.6. The Morgan fingerprint density at radius 3 is 2.48 bits per heavy atom. The summed E-state index contributed by atoms with van der Waals surface area (Å²) >= 11 is 1.57. The van der Waals surface area contributed by atoms with Crippen molar-refractivity contribution in [3.8, 4) is 0 Å². The van der Waals surface area contributed by atoms with Crippen LogP contribution < -0.4 is 10.6 Å². The topological polar surface area (TPSA) is 71.1 Å². The molecule has 4 saturated carbocycles. The Hall–Kier alpha value is -1.43. The van der Waals surface area contributed by atoms with Gasteiger partial charge in [0.25, 0.3) is 0 Å². The second-order valence-corrected chi connectivity index (χ2v) is 9.74. The lowest BCUT2D eigenvalue weighted by Crippen LogP contribution is -2.65. The third-order valence-corrected chi connectivity index (χ3v) is 7.36. The zero-order chi connectivity index (χ0) is 17.8. The molecule has 6 heteroatoms. The van der Waals surface area contributed by atoms with Crippen LogP contribution in [0.3, 0.4) is 0 Å². The predicted octanol–water partition coefficient (Wildman–Crippen LogP) is 3.43. The summed E-state index contributed by atoms with van der Waals surface area (Å²) in [5.41, 5.74) is 0.569. The number of aryl methyl sites for hydroxylation is 2. The highest BCUT2D eigenvalue weighted by molar-refractivity contribution is 7.15. The van der Waals surface area contributed by atoms with Gasteiger partial charge in [-0.3, -0.25) is 9.59 Å². The van der Waals surface area contributed by atoms with E-state index < -0.39 is 0 Å². The summed E-state index contributed by atoms with van der Waals surface area (Å²) in [5.74, 6) is 1.26. The molecule has 2 atom stereocenters. The number of carbonyl (C=O) groups excluding carboxylic acids is 2. The summed E-state index contributed by atoms with van der Waals surface area (Å²) in [7, 11) is 0. The Labute approximate surface area is 153 Å². The third-order valence-electron chi connectivity index (χ3n) is 6.43. The summed E-state index contributed by atoms with van der Waals surface area (Å²) < 4.78 is 0. The van der Waals surface area contributed by atoms with Crippen molar-refractivity contribution in [2.75, 3.05) is 5.32 Å². The SMILES string of the molecule is CCc1nc(NC(=O)C23CC4CC(CC(NC(C)=O)(C4)C2)C3)sc1C. The number of aromatic nitrogens is 1. The van der Waals surface area contributed by atoms with Gasteiger partial charge in [-0.15, -0.1) is 11.3 Å². The van der Waals surface area contributed by atoms with Crippen LogP contribution in [0.2, 0.25) is 0 Å². The molecule has 4 aliphatic carbocycles. The first-order valence-corrected chi connectivity index (χ1v) is 10.2. The molecule has 5 nitrogen and oxygen atoms in total. The van der Waals surface area contributed by atoms with Crippen molar-refractivity contribution >= 4 is 28.3 Å². The highest BCUT2D eigenvalue weighted by Crippen LogP contribution is 2.61. The van der Waals surface area contributed by atoms with E-state index in [2.05, 4.69) is 29.5 Å². The molecule has 2 unspecified atom stereocenters. The smallest absolute Gasteiger partial charge is 0.232 e. The molecule has 1 aromatic rings. The molecule has 0 aliphatic heterocycles. The highest BCUT2D eigenvalue weighted by atomic mass is 32.1. The maximum Gasteiger partial charge on any atom is 0.232 e. The van der Waals surface area contributed by atoms with E-state index in [1.807, 2.05) is 0 Å². The lowest BCUT2D eigenvalue weighted by Gasteiger charge is -2.61. The minimum absolute atomic E-state index is 0.0284. The number of nitrogens with one attached hydrogen (secondary N) is 2. The van der Waals surface area contributed by atoms with Gasteiger partial charge in [0.1, 0.15) is 0 Å². The molecule has 4 aliphatic rings. The van der Waals surface area contributed by atoms with Crippen LogP contribution in [-0.2, 0) is 16.0 Å². The maximum absolute atomic E-state index is 13.2. The summed E-state index contributed by atoms with van der Waals surface area (Å²) in [5, 5.41) is 7.07. The summed E-state index contributed by atoms with van der Waals surface area (Å²) in [6.45, 7) is 5.74.